The summed E-state index contributed by atoms with van der Waals surface area (Å²) in [4.78, 5) is 2.27. The first kappa shape index (κ1) is 13.2. The molecule has 20 heavy (non-hydrogen) atoms. The molecule has 0 radical (unpaired) electrons. The number of hydrogen-bond acceptors (Lipinski definition) is 2. The molecule has 0 saturated carbocycles. The zero-order chi connectivity index (χ0) is 14.3. The third kappa shape index (κ3) is 2.32. The average molecular weight is 267 g/mol. The van der Waals surface area contributed by atoms with Gasteiger partial charge in [0.05, 0.1) is 0 Å². The van der Waals surface area contributed by atoms with Crippen LogP contribution in [0.4, 0.5) is 5.69 Å². The first-order chi connectivity index (χ1) is 9.54. The second-order valence-corrected chi connectivity index (χ2v) is 5.88. The molecule has 3 rings (SSSR count). The Kier molecular flexibility index (Phi) is 3.27. The summed E-state index contributed by atoms with van der Waals surface area (Å²) in [7, 11) is 2.12. The number of fused-ring (bicyclic) bond motifs is 1. The number of aliphatic hydroxyl groups excluding tert-OH is 1. The van der Waals surface area contributed by atoms with Crippen LogP contribution in [0.3, 0.4) is 0 Å². The topological polar surface area (TPSA) is 23.5 Å². The van der Waals surface area contributed by atoms with Gasteiger partial charge < -0.3 is 10.0 Å². The lowest BCUT2D eigenvalue weighted by atomic mass is 9.96. The molecule has 1 heterocycles. The molecule has 1 aliphatic rings. The van der Waals surface area contributed by atoms with Gasteiger partial charge in [-0.15, -0.1) is 0 Å². The highest BCUT2D eigenvalue weighted by molar-refractivity contribution is 5.59. The molecule has 0 fully saturated rings. The number of nitrogens with zero attached hydrogens (tertiary/aromatic N) is 1. The van der Waals surface area contributed by atoms with Crippen LogP contribution in [0.1, 0.15) is 33.9 Å². The van der Waals surface area contributed by atoms with Gasteiger partial charge in [0.15, 0.2) is 0 Å². The normalized spacial score (nSPS) is 15.3. The van der Waals surface area contributed by atoms with E-state index in [2.05, 4.69) is 56.1 Å². The van der Waals surface area contributed by atoms with Crippen LogP contribution < -0.4 is 4.90 Å². The highest BCUT2D eigenvalue weighted by atomic mass is 16.3. The van der Waals surface area contributed by atoms with Gasteiger partial charge in [-0.1, -0.05) is 41.5 Å². The Morgan fingerprint density at radius 2 is 1.70 bits per heavy atom. The summed E-state index contributed by atoms with van der Waals surface area (Å²) in [6.45, 7) is 5.21. The van der Waals surface area contributed by atoms with Gasteiger partial charge >= 0.3 is 0 Å². The summed E-state index contributed by atoms with van der Waals surface area (Å²) in [5.74, 6) is 0. The molecule has 2 heteroatoms. The molecule has 0 aromatic heterocycles. The maximum atomic E-state index is 10.6. The van der Waals surface area contributed by atoms with Crippen LogP contribution in [0.15, 0.2) is 36.4 Å². The standard InChI is InChI=1S/C18H21NO/c1-12-8-13(2)10-16(9-12)18(20)15-4-5-17-14(11-15)6-7-19(17)3/h4-5,8-11,18,20H,6-7H2,1-3H3. The first-order valence-electron chi connectivity index (χ1n) is 7.15. The van der Waals surface area contributed by atoms with E-state index in [9.17, 15) is 5.11 Å². The molecule has 1 aliphatic heterocycles. The van der Waals surface area contributed by atoms with E-state index in [-0.39, 0.29) is 0 Å². The summed E-state index contributed by atoms with van der Waals surface area (Å²) in [5.41, 5.74) is 6.99. The van der Waals surface area contributed by atoms with Crippen LogP contribution >= 0.6 is 0 Å². The number of aryl methyl sites for hydroxylation is 2. The molecule has 2 nitrogen and oxygen atoms in total. The van der Waals surface area contributed by atoms with Crippen molar-refractivity contribution in [3.63, 3.8) is 0 Å². The van der Waals surface area contributed by atoms with E-state index in [0.717, 1.165) is 24.1 Å². The van der Waals surface area contributed by atoms with Crippen LogP contribution in [-0.4, -0.2) is 18.7 Å². The Balaban J connectivity index is 1.96. The van der Waals surface area contributed by atoms with E-state index >= 15 is 0 Å². The van der Waals surface area contributed by atoms with E-state index in [1.807, 2.05) is 6.07 Å². The molecule has 104 valence electrons. The maximum Gasteiger partial charge on any atom is 0.104 e. The number of rotatable bonds is 2. The lowest BCUT2D eigenvalue weighted by molar-refractivity contribution is 0.220. The Morgan fingerprint density at radius 1 is 1.00 bits per heavy atom. The Bertz CT molecular complexity index is 628. The molecule has 0 aliphatic carbocycles. The van der Waals surface area contributed by atoms with Gasteiger partial charge in [-0.3, -0.25) is 0 Å². The number of anilines is 1. The molecular formula is C18H21NO. The summed E-state index contributed by atoms with van der Waals surface area (Å²) in [5, 5.41) is 10.6. The van der Waals surface area contributed by atoms with Gasteiger partial charge in [-0.05, 0) is 43.0 Å². The Hall–Kier alpha value is -1.80. The predicted octanol–water partition coefficient (Wildman–Crippen LogP) is 3.38. The third-order valence-electron chi connectivity index (χ3n) is 4.11. The Morgan fingerprint density at radius 3 is 2.40 bits per heavy atom. The molecule has 1 unspecified atom stereocenters. The molecular weight excluding hydrogens is 246 g/mol. The molecule has 0 amide bonds. The Labute approximate surface area is 120 Å². The summed E-state index contributed by atoms with van der Waals surface area (Å²) >= 11 is 0. The van der Waals surface area contributed by atoms with Crippen molar-refractivity contribution >= 4 is 5.69 Å². The number of aliphatic hydroxyl groups is 1. The van der Waals surface area contributed by atoms with Crippen LogP contribution in [0.2, 0.25) is 0 Å². The average Bonchev–Trinajstić information content (AvgIpc) is 2.78. The van der Waals surface area contributed by atoms with Crippen molar-refractivity contribution in [2.45, 2.75) is 26.4 Å². The summed E-state index contributed by atoms with van der Waals surface area (Å²) < 4.78 is 0. The van der Waals surface area contributed by atoms with Crippen molar-refractivity contribution in [1.82, 2.24) is 0 Å². The molecule has 0 saturated heterocycles. The fraction of sp³-hybridized carbons (Fsp3) is 0.333. The number of benzene rings is 2. The van der Waals surface area contributed by atoms with Crippen molar-refractivity contribution in [3.05, 3.63) is 64.2 Å². The number of likely N-dealkylation sites (N-methyl/N-ethyl adjacent to an activating group) is 1. The highest BCUT2D eigenvalue weighted by Crippen LogP contribution is 2.31. The van der Waals surface area contributed by atoms with E-state index in [0.29, 0.717) is 0 Å². The zero-order valence-electron chi connectivity index (χ0n) is 12.4. The molecule has 1 atom stereocenters. The van der Waals surface area contributed by atoms with Crippen molar-refractivity contribution in [2.75, 3.05) is 18.5 Å². The third-order valence-corrected chi connectivity index (χ3v) is 4.11. The molecule has 1 N–H and O–H groups in total. The first-order valence-corrected chi connectivity index (χ1v) is 7.15. The minimum Gasteiger partial charge on any atom is -0.384 e. The fourth-order valence-corrected chi connectivity index (χ4v) is 3.12. The largest absolute Gasteiger partial charge is 0.384 e. The summed E-state index contributed by atoms with van der Waals surface area (Å²) in [6, 6.07) is 12.6. The van der Waals surface area contributed by atoms with Crippen LogP contribution in [-0.2, 0) is 6.42 Å². The van der Waals surface area contributed by atoms with Gasteiger partial charge in [0, 0.05) is 19.3 Å². The van der Waals surface area contributed by atoms with E-state index in [1.165, 1.54) is 22.4 Å². The van der Waals surface area contributed by atoms with Gasteiger partial charge in [-0.25, -0.2) is 0 Å². The number of hydrogen-bond donors (Lipinski definition) is 1. The van der Waals surface area contributed by atoms with Gasteiger partial charge in [0.25, 0.3) is 0 Å². The van der Waals surface area contributed by atoms with Gasteiger partial charge in [0.2, 0.25) is 0 Å². The zero-order valence-corrected chi connectivity index (χ0v) is 12.4. The second-order valence-electron chi connectivity index (χ2n) is 5.88. The quantitative estimate of drug-likeness (QED) is 0.901. The fourth-order valence-electron chi connectivity index (χ4n) is 3.12. The monoisotopic (exact) mass is 267 g/mol. The molecule has 0 spiro atoms. The van der Waals surface area contributed by atoms with Crippen molar-refractivity contribution in [1.29, 1.82) is 0 Å². The van der Waals surface area contributed by atoms with Crippen LogP contribution in [0.25, 0.3) is 0 Å². The van der Waals surface area contributed by atoms with Crippen LogP contribution in [0, 0.1) is 13.8 Å². The second kappa shape index (κ2) is 4.95. The van der Waals surface area contributed by atoms with Crippen LogP contribution in [0.5, 0.6) is 0 Å². The predicted molar refractivity (Wildman–Crippen MR) is 83.4 cm³/mol. The SMILES string of the molecule is Cc1cc(C)cc(C(O)c2ccc3c(c2)CCN3C)c1. The lowest BCUT2D eigenvalue weighted by Gasteiger charge is -2.16. The van der Waals surface area contributed by atoms with E-state index < -0.39 is 6.10 Å². The van der Waals surface area contributed by atoms with Gasteiger partial charge in [-0.2, -0.15) is 0 Å². The minimum atomic E-state index is -0.537. The van der Waals surface area contributed by atoms with Gasteiger partial charge in [0.1, 0.15) is 6.10 Å². The van der Waals surface area contributed by atoms with Crippen molar-refractivity contribution < 1.29 is 5.11 Å². The molecule has 2 aromatic rings. The smallest absolute Gasteiger partial charge is 0.104 e. The lowest BCUT2D eigenvalue weighted by Crippen LogP contribution is -2.12. The van der Waals surface area contributed by atoms with E-state index in [4.69, 9.17) is 0 Å². The minimum absolute atomic E-state index is 0.537. The highest BCUT2D eigenvalue weighted by Gasteiger charge is 2.18. The van der Waals surface area contributed by atoms with E-state index in [1.54, 1.807) is 0 Å². The van der Waals surface area contributed by atoms with Crippen molar-refractivity contribution in [2.24, 2.45) is 0 Å². The van der Waals surface area contributed by atoms with Crippen molar-refractivity contribution in [3.8, 4) is 0 Å². The molecule has 2 aromatic carbocycles. The maximum absolute atomic E-state index is 10.6. The summed E-state index contributed by atoms with van der Waals surface area (Å²) in [6.07, 6.45) is 0.531. The molecule has 0 bridgehead atoms.